The first-order valence-corrected chi connectivity index (χ1v) is 12.7. The normalized spacial score (nSPS) is 14.0. The van der Waals surface area contributed by atoms with Crippen LogP contribution in [-0.4, -0.2) is 66.2 Å². The summed E-state index contributed by atoms with van der Waals surface area (Å²) in [5, 5.41) is 23.3. The van der Waals surface area contributed by atoms with E-state index in [4.69, 9.17) is 4.74 Å². The fourth-order valence-electron chi connectivity index (χ4n) is 2.99. The molecule has 1 unspecified atom stereocenters. The number of aliphatic carboxylic acids is 2. The van der Waals surface area contributed by atoms with E-state index in [0.717, 1.165) is 11.8 Å². The van der Waals surface area contributed by atoms with E-state index in [1.165, 1.54) is 4.57 Å². The molecular formula is C20H27N2O9PS. The SMILES string of the molecule is CC(C)(C)OC(=O)N[C@@H](CSc1c2ccccc2cn1C(CCP(=O)(O)O)C(=O)O)C(=O)O. The molecule has 11 nitrogen and oxygen atoms in total. The van der Waals surface area contributed by atoms with Crippen molar-refractivity contribution in [3.8, 4) is 0 Å². The maximum Gasteiger partial charge on any atom is 0.408 e. The maximum atomic E-state index is 12.0. The molecule has 1 heterocycles. The predicted octanol–water partition coefficient (Wildman–Crippen LogP) is 2.90. The number of rotatable bonds is 10. The number of nitrogens with one attached hydrogen (secondary N) is 1. The number of hydrogen-bond acceptors (Lipinski definition) is 6. The van der Waals surface area contributed by atoms with Gasteiger partial charge in [-0.3, -0.25) is 4.57 Å². The third-order valence-corrected chi connectivity index (χ3v) is 6.44. The molecule has 2 rings (SSSR count). The van der Waals surface area contributed by atoms with Crippen LogP contribution >= 0.6 is 19.4 Å². The highest BCUT2D eigenvalue weighted by Gasteiger charge is 2.29. The highest BCUT2D eigenvalue weighted by atomic mass is 32.2. The van der Waals surface area contributed by atoms with Gasteiger partial charge < -0.3 is 34.6 Å². The number of nitrogens with zero attached hydrogens (tertiary/aromatic N) is 1. The molecule has 1 aromatic heterocycles. The molecule has 33 heavy (non-hydrogen) atoms. The van der Waals surface area contributed by atoms with Crippen LogP contribution in [0, 0.1) is 0 Å². The molecule has 0 spiro atoms. The summed E-state index contributed by atoms with van der Waals surface area (Å²) in [4.78, 5) is 54.0. The van der Waals surface area contributed by atoms with Gasteiger partial charge in [0.1, 0.15) is 17.7 Å². The topological polar surface area (TPSA) is 175 Å². The number of aromatic nitrogens is 1. The van der Waals surface area contributed by atoms with Gasteiger partial charge in [0.05, 0.1) is 11.2 Å². The Morgan fingerprint density at radius 1 is 1.15 bits per heavy atom. The van der Waals surface area contributed by atoms with E-state index in [9.17, 15) is 38.9 Å². The van der Waals surface area contributed by atoms with Crippen LogP contribution in [0.2, 0.25) is 0 Å². The molecule has 1 aromatic carbocycles. The average Bonchev–Trinajstić information content (AvgIpc) is 3.00. The number of amides is 1. The molecule has 0 aliphatic carbocycles. The summed E-state index contributed by atoms with van der Waals surface area (Å²) in [5.74, 6) is -2.73. The lowest BCUT2D eigenvalue weighted by molar-refractivity contribution is -0.141. The molecule has 0 radical (unpaired) electrons. The molecule has 0 bridgehead atoms. The maximum absolute atomic E-state index is 12.0. The molecule has 5 N–H and O–H groups in total. The lowest BCUT2D eigenvalue weighted by Crippen LogP contribution is -2.45. The van der Waals surface area contributed by atoms with Crippen molar-refractivity contribution in [2.75, 3.05) is 11.9 Å². The molecule has 0 aliphatic rings. The lowest BCUT2D eigenvalue weighted by Gasteiger charge is -2.22. The van der Waals surface area contributed by atoms with Crippen LogP contribution in [-0.2, 0) is 18.9 Å². The highest BCUT2D eigenvalue weighted by Crippen LogP contribution is 2.39. The van der Waals surface area contributed by atoms with Crippen LogP contribution in [0.5, 0.6) is 0 Å². The van der Waals surface area contributed by atoms with Crippen LogP contribution in [0.4, 0.5) is 4.79 Å². The van der Waals surface area contributed by atoms with Crippen LogP contribution < -0.4 is 5.32 Å². The Balaban J connectivity index is 2.34. The van der Waals surface area contributed by atoms with Gasteiger partial charge in [-0.25, -0.2) is 14.4 Å². The first kappa shape index (κ1) is 26.7. The molecule has 0 aliphatic heterocycles. The third kappa shape index (κ3) is 8.08. The molecule has 2 atom stereocenters. The highest BCUT2D eigenvalue weighted by molar-refractivity contribution is 7.99. The van der Waals surface area contributed by atoms with Gasteiger partial charge >= 0.3 is 25.6 Å². The molecule has 0 fully saturated rings. The lowest BCUT2D eigenvalue weighted by atomic mass is 10.2. The van der Waals surface area contributed by atoms with Crippen molar-refractivity contribution < 1.29 is 43.7 Å². The van der Waals surface area contributed by atoms with Crippen molar-refractivity contribution in [1.29, 1.82) is 0 Å². The molecule has 0 saturated carbocycles. The molecule has 2 aromatic rings. The zero-order valence-electron chi connectivity index (χ0n) is 18.3. The van der Waals surface area contributed by atoms with Crippen LogP contribution in [0.1, 0.15) is 33.2 Å². The molecule has 13 heteroatoms. The largest absolute Gasteiger partial charge is 0.480 e. The van der Waals surface area contributed by atoms with Gasteiger partial charge in [-0.05, 0) is 27.2 Å². The molecule has 1 amide bonds. The number of hydrogen-bond donors (Lipinski definition) is 5. The summed E-state index contributed by atoms with van der Waals surface area (Å²) in [6, 6.07) is 4.34. The Kier molecular flexibility index (Phi) is 8.58. The molecule has 0 saturated heterocycles. The van der Waals surface area contributed by atoms with E-state index in [1.54, 1.807) is 51.2 Å². The number of carbonyl (C=O) groups excluding carboxylic acids is 1. The van der Waals surface area contributed by atoms with E-state index < -0.39 is 49.5 Å². The Morgan fingerprint density at radius 3 is 2.33 bits per heavy atom. The number of carboxylic acids is 2. The van der Waals surface area contributed by atoms with Crippen molar-refractivity contribution in [2.24, 2.45) is 0 Å². The van der Waals surface area contributed by atoms with Crippen LogP contribution in [0.3, 0.4) is 0 Å². The van der Waals surface area contributed by atoms with Crippen molar-refractivity contribution in [3.63, 3.8) is 0 Å². The number of carbonyl (C=O) groups is 3. The zero-order valence-corrected chi connectivity index (χ0v) is 20.0. The van der Waals surface area contributed by atoms with Crippen LogP contribution in [0.15, 0.2) is 35.5 Å². The fourth-order valence-corrected chi connectivity index (χ4v) is 4.80. The van der Waals surface area contributed by atoms with Gasteiger partial charge in [0.15, 0.2) is 0 Å². The monoisotopic (exact) mass is 502 g/mol. The fraction of sp³-hybridized carbons (Fsp3) is 0.450. The molecular weight excluding hydrogens is 475 g/mol. The Bertz CT molecular complexity index is 1070. The Morgan fingerprint density at radius 2 is 1.79 bits per heavy atom. The van der Waals surface area contributed by atoms with Gasteiger partial charge in [0.25, 0.3) is 0 Å². The number of alkyl carbamates (subject to hydrolysis) is 1. The summed E-state index contributed by atoms with van der Waals surface area (Å²) >= 11 is 1.01. The first-order chi connectivity index (χ1) is 15.2. The van der Waals surface area contributed by atoms with Crippen molar-refractivity contribution in [3.05, 3.63) is 30.5 Å². The predicted molar refractivity (Wildman–Crippen MR) is 122 cm³/mol. The van der Waals surface area contributed by atoms with Gasteiger partial charge in [-0.15, -0.1) is 11.8 Å². The van der Waals surface area contributed by atoms with Crippen molar-refractivity contribution >= 4 is 48.2 Å². The number of carboxylic acid groups (broad SMARTS) is 2. The number of benzene rings is 1. The van der Waals surface area contributed by atoms with Gasteiger partial charge in [-0.2, -0.15) is 0 Å². The third-order valence-electron chi connectivity index (χ3n) is 4.39. The van der Waals surface area contributed by atoms with E-state index in [1.807, 2.05) is 0 Å². The molecule has 182 valence electrons. The van der Waals surface area contributed by atoms with E-state index in [0.29, 0.717) is 15.8 Å². The summed E-state index contributed by atoms with van der Waals surface area (Å²) < 4.78 is 17.8. The van der Waals surface area contributed by atoms with E-state index in [-0.39, 0.29) is 12.2 Å². The number of thioether (sulfide) groups is 1. The first-order valence-electron chi connectivity index (χ1n) is 9.90. The number of fused-ring (bicyclic) bond motifs is 1. The second-order valence-corrected chi connectivity index (χ2v) is 11.1. The van der Waals surface area contributed by atoms with Crippen molar-refractivity contribution in [1.82, 2.24) is 9.88 Å². The summed E-state index contributed by atoms with van der Waals surface area (Å²) in [5.41, 5.74) is -0.821. The summed E-state index contributed by atoms with van der Waals surface area (Å²) in [6.07, 6.45) is -0.304. The van der Waals surface area contributed by atoms with Gasteiger partial charge in [-0.1, -0.05) is 24.3 Å². The summed E-state index contributed by atoms with van der Waals surface area (Å²) in [6.45, 7) is 4.92. The second-order valence-electron chi connectivity index (χ2n) is 8.31. The van der Waals surface area contributed by atoms with E-state index in [2.05, 4.69) is 5.32 Å². The second kappa shape index (κ2) is 10.6. The quantitative estimate of drug-likeness (QED) is 0.240. The summed E-state index contributed by atoms with van der Waals surface area (Å²) in [7, 11) is -4.43. The van der Waals surface area contributed by atoms with Gasteiger partial charge in [0, 0.05) is 22.7 Å². The number of ether oxygens (including phenoxy) is 1. The minimum atomic E-state index is -4.43. The van der Waals surface area contributed by atoms with E-state index >= 15 is 0 Å². The Labute approximate surface area is 194 Å². The standard InChI is InChI=1S/C20H27N2O9PS/c1-20(2,3)31-19(27)21-14(17(23)24)11-33-16-13-7-5-4-6-12(13)10-22(16)15(18(25)26)8-9-32(28,29)30/h4-7,10,14-15H,8-9,11H2,1-3H3,(H,21,27)(H,23,24)(H,25,26)(H2,28,29,30)/t14-,15?/m0/s1. The smallest absolute Gasteiger partial charge is 0.408 e. The minimum Gasteiger partial charge on any atom is -0.480 e. The van der Waals surface area contributed by atoms with Crippen LogP contribution in [0.25, 0.3) is 10.8 Å². The average molecular weight is 502 g/mol. The zero-order chi connectivity index (χ0) is 25.0. The van der Waals surface area contributed by atoms with Gasteiger partial charge in [0.2, 0.25) is 0 Å². The Hall–Kier alpha value is -2.53. The minimum absolute atomic E-state index is 0.145. The van der Waals surface area contributed by atoms with Crippen molar-refractivity contribution in [2.45, 2.75) is 49.9 Å².